The van der Waals surface area contributed by atoms with Crippen molar-refractivity contribution in [2.45, 2.75) is 20.1 Å². The molecule has 0 amide bonds. The first kappa shape index (κ1) is 9.69. The Morgan fingerprint density at radius 3 is 2.93 bits per heavy atom. The molecule has 0 saturated carbocycles. The van der Waals surface area contributed by atoms with Crippen LogP contribution in [0.1, 0.15) is 24.3 Å². The molecule has 0 bridgehead atoms. The first-order chi connectivity index (χ1) is 6.83. The van der Waals surface area contributed by atoms with Gasteiger partial charge in [0, 0.05) is 6.54 Å². The first-order valence-corrected chi connectivity index (χ1v) is 5.24. The Bertz CT molecular complexity index is 311. The quantitative estimate of drug-likeness (QED) is 0.711. The van der Waals surface area contributed by atoms with E-state index in [4.69, 9.17) is 4.74 Å². The summed E-state index contributed by atoms with van der Waals surface area (Å²) in [5, 5.41) is 0. The maximum absolute atomic E-state index is 5.75. The Morgan fingerprint density at radius 1 is 1.43 bits per heavy atom. The predicted molar refractivity (Wildman–Crippen MR) is 57.1 cm³/mol. The third-order valence-electron chi connectivity index (χ3n) is 2.85. The molecule has 2 nitrogen and oxygen atoms in total. The van der Waals surface area contributed by atoms with Crippen molar-refractivity contribution in [2.75, 3.05) is 19.7 Å². The van der Waals surface area contributed by atoms with Crippen LogP contribution >= 0.6 is 0 Å². The number of ether oxygens (including phenoxy) is 1. The molecular weight excluding hydrogens is 174 g/mol. The molecular formula is C12H17NO. The second kappa shape index (κ2) is 4.11. The molecule has 0 aliphatic carbocycles. The number of nitrogens with zero attached hydrogens (tertiary/aromatic N) is 1. The standard InChI is InChI=1S/C12H17NO/c1-3-13-8-9-14-12(13)11-7-5-4-6-10(11)2/h4-7,12H,3,8-9H2,1-2H3. The lowest BCUT2D eigenvalue weighted by atomic mass is 10.1. The van der Waals surface area contributed by atoms with Gasteiger partial charge in [0.25, 0.3) is 0 Å². The van der Waals surface area contributed by atoms with Gasteiger partial charge in [-0.3, -0.25) is 4.90 Å². The average Bonchev–Trinajstić information content (AvgIpc) is 2.66. The van der Waals surface area contributed by atoms with Gasteiger partial charge in [0.15, 0.2) is 0 Å². The molecule has 14 heavy (non-hydrogen) atoms. The molecule has 1 aliphatic rings. The third-order valence-corrected chi connectivity index (χ3v) is 2.85. The van der Waals surface area contributed by atoms with Crippen molar-refractivity contribution in [3.8, 4) is 0 Å². The van der Waals surface area contributed by atoms with Crippen LogP contribution < -0.4 is 0 Å². The van der Waals surface area contributed by atoms with E-state index < -0.39 is 0 Å². The minimum absolute atomic E-state index is 0.182. The molecule has 0 radical (unpaired) electrons. The van der Waals surface area contributed by atoms with Crippen molar-refractivity contribution in [3.63, 3.8) is 0 Å². The molecule has 1 atom stereocenters. The van der Waals surface area contributed by atoms with Crippen molar-refractivity contribution in [1.29, 1.82) is 0 Å². The summed E-state index contributed by atoms with van der Waals surface area (Å²) in [7, 11) is 0. The normalized spacial score (nSPS) is 22.9. The maximum atomic E-state index is 5.75. The minimum Gasteiger partial charge on any atom is -0.358 e. The van der Waals surface area contributed by atoms with Crippen LogP contribution in [0.4, 0.5) is 0 Å². The highest BCUT2D eigenvalue weighted by Crippen LogP contribution is 2.28. The number of rotatable bonds is 2. The smallest absolute Gasteiger partial charge is 0.137 e. The van der Waals surface area contributed by atoms with E-state index in [9.17, 15) is 0 Å². The van der Waals surface area contributed by atoms with Crippen LogP contribution in [0, 0.1) is 6.92 Å². The zero-order chi connectivity index (χ0) is 9.97. The topological polar surface area (TPSA) is 12.5 Å². The number of hydrogen-bond acceptors (Lipinski definition) is 2. The summed E-state index contributed by atoms with van der Waals surface area (Å²) in [5.74, 6) is 0. The van der Waals surface area contributed by atoms with E-state index in [-0.39, 0.29) is 6.23 Å². The maximum Gasteiger partial charge on any atom is 0.137 e. The summed E-state index contributed by atoms with van der Waals surface area (Å²) in [5.41, 5.74) is 2.63. The molecule has 0 aromatic heterocycles. The lowest BCUT2D eigenvalue weighted by Gasteiger charge is -2.22. The van der Waals surface area contributed by atoms with Crippen LogP contribution in [0.25, 0.3) is 0 Å². The van der Waals surface area contributed by atoms with Crippen molar-refractivity contribution < 1.29 is 4.74 Å². The summed E-state index contributed by atoms with van der Waals surface area (Å²) < 4.78 is 5.75. The average molecular weight is 191 g/mol. The van der Waals surface area contributed by atoms with E-state index >= 15 is 0 Å². The second-order valence-corrected chi connectivity index (χ2v) is 3.71. The molecule has 1 aliphatic heterocycles. The second-order valence-electron chi connectivity index (χ2n) is 3.71. The lowest BCUT2D eigenvalue weighted by Crippen LogP contribution is -2.23. The first-order valence-electron chi connectivity index (χ1n) is 5.24. The van der Waals surface area contributed by atoms with Crippen molar-refractivity contribution in [1.82, 2.24) is 4.90 Å². The van der Waals surface area contributed by atoms with E-state index in [1.807, 2.05) is 0 Å². The van der Waals surface area contributed by atoms with Gasteiger partial charge in [0.2, 0.25) is 0 Å². The predicted octanol–water partition coefficient (Wildman–Crippen LogP) is 2.35. The summed E-state index contributed by atoms with van der Waals surface area (Å²) in [6.07, 6.45) is 0.182. The molecule has 1 fully saturated rings. The largest absolute Gasteiger partial charge is 0.358 e. The van der Waals surface area contributed by atoms with E-state index in [0.29, 0.717) is 0 Å². The molecule has 2 heteroatoms. The van der Waals surface area contributed by atoms with Crippen molar-refractivity contribution in [2.24, 2.45) is 0 Å². The van der Waals surface area contributed by atoms with Crippen LogP contribution in [0.3, 0.4) is 0 Å². The van der Waals surface area contributed by atoms with Crippen molar-refractivity contribution >= 4 is 0 Å². The van der Waals surface area contributed by atoms with Crippen LogP contribution in [-0.2, 0) is 4.74 Å². The van der Waals surface area contributed by atoms with Gasteiger partial charge in [-0.15, -0.1) is 0 Å². The minimum atomic E-state index is 0.182. The molecule has 1 aromatic carbocycles. The van der Waals surface area contributed by atoms with Crippen LogP contribution in [0.2, 0.25) is 0 Å². The number of likely N-dealkylation sites (N-methyl/N-ethyl adjacent to an activating group) is 1. The third kappa shape index (κ3) is 1.68. The molecule has 0 spiro atoms. The van der Waals surface area contributed by atoms with E-state index in [1.165, 1.54) is 11.1 Å². The highest BCUT2D eigenvalue weighted by atomic mass is 16.5. The summed E-state index contributed by atoms with van der Waals surface area (Å²) in [4.78, 5) is 2.36. The number of benzene rings is 1. The summed E-state index contributed by atoms with van der Waals surface area (Å²) in [6, 6.07) is 8.46. The Balaban J connectivity index is 2.26. The SMILES string of the molecule is CCN1CCOC1c1ccccc1C. The van der Waals surface area contributed by atoms with Gasteiger partial charge in [0.1, 0.15) is 6.23 Å². The fourth-order valence-corrected chi connectivity index (χ4v) is 1.98. The van der Waals surface area contributed by atoms with Crippen LogP contribution in [0.15, 0.2) is 24.3 Å². The van der Waals surface area contributed by atoms with Gasteiger partial charge >= 0.3 is 0 Å². The van der Waals surface area contributed by atoms with Crippen molar-refractivity contribution in [3.05, 3.63) is 35.4 Å². The van der Waals surface area contributed by atoms with Gasteiger partial charge < -0.3 is 4.74 Å². The van der Waals surface area contributed by atoms with Gasteiger partial charge in [-0.05, 0) is 24.6 Å². The summed E-state index contributed by atoms with van der Waals surface area (Å²) in [6.45, 7) is 7.28. The molecule has 76 valence electrons. The fourth-order valence-electron chi connectivity index (χ4n) is 1.98. The molecule has 1 saturated heterocycles. The Kier molecular flexibility index (Phi) is 2.85. The van der Waals surface area contributed by atoms with Gasteiger partial charge in [-0.25, -0.2) is 0 Å². The Labute approximate surface area is 85.5 Å². The highest BCUT2D eigenvalue weighted by Gasteiger charge is 2.25. The van der Waals surface area contributed by atoms with Crippen LogP contribution in [-0.4, -0.2) is 24.6 Å². The molecule has 1 heterocycles. The molecule has 2 rings (SSSR count). The monoisotopic (exact) mass is 191 g/mol. The summed E-state index contributed by atoms with van der Waals surface area (Å²) >= 11 is 0. The van der Waals surface area contributed by atoms with E-state index in [0.717, 1.165) is 19.7 Å². The molecule has 0 N–H and O–H groups in total. The van der Waals surface area contributed by atoms with Gasteiger partial charge in [-0.2, -0.15) is 0 Å². The van der Waals surface area contributed by atoms with Crippen LogP contribution in [0.5, 0.6) is 0 Å². The number of aryl methyl sites for hydroxylation is 1. The van der Waals surface area contributed by atoms with E-state index in [2.05, 4.69) is 43.0 Å². The highest BCUT2D eigenvalue weighted by molar-refractivity contribution is 5.27. The molecule has 1 aromatic rings. The van der Waals surface area contributed by atoms with Gasteiger partial charge in [-0.1, -0.05) is 31.2 Å². The Morgan fingerprint density at radius 2 is 2.21 bits per heavy atom. The Hall–Kier alpha value is -0.860. The van der Waals surface area contributed by atoms with E-state index in [1.54, 1.807) is 0 Å². The molecule has 1 unspecified atom stereocenters. The van der Waals surface area contributed by atoms with Gasteiger partial charge in [0.05, 0.1) is 6.61 Å². The fraction of sp³-hybridized carbons (Fsp3) is 0.500. The lowest BCUT2D eigenvalue weighted by molar-refractivity contribution is 0.0348. The zero-order valence-electron chi connectivity index (χ0n) is 8.86. The zero-order valence-corrected chi connectivity index (χ0v) is 8.86. The number of hydrogen-bond donors (Lipinski definition) is 0.